The van der Waals surface area contributed by atoms with Crippen molar-refractivity contribution in [3.05, 3.63) is 34.9 Å². The van der Waals surface area contributed by atoms with Crippen LogP contribution >= 0.6 is 15.9 Å². The largest absolute Gasteiger partial charge is 0.293 e. The maximum Gasteiger partial charge on any atom is 0.0239 e. The molecule has 0 aliphatic carbocycles. The van der Waals surface area contributed by atoms with Gasteiger partial charge in [0.15, 0.2) is 0 Å². The molecular weight excluding hydrogens is 286 g/mol. The van der Waals surface area contributed by atoms with Crippen LogP contribution in [0.1, 0.15) is 42.4 Å². The molecule has 0 amide bonds. The monoisotopic (exact) mass is 307 g/mol. The zero-order chi connectivity index (χ0) is 12.7. The lowest BCUT2D eigenvalue weighted by Gasteiger charge is -2.37. The molecule has 0 N–H and O–H groups in total. The standard InChI is InChI=1S/C16H22BrN/c1-11-5-12(2)7-13(6-11)10-18-15-3-4-16(18)9-14(17)8-15/h5-7,14-16H,3-4,8-10H2,1-2H3. The molecule has 0 radical (unpaired) electrons. The highest BCUT2D eigenvalue weighted by molar-refractivity contribution is 9.09. The molecule has 2 heteroatoms. The number of benzene rings is 1. The average Bonchev–Trinajstić information content (AvgIpc) is 2.53. The van der Waals surface area contributed by atoms with Gasteiger partial charge >= 0.3 is 0 Å². The molecule has 3 rings (SSSR count). The fourth-order valence-corrected chi connectivity index (χ4v) is 4.70. The highest BCUT2D eigenvalue weighted by Crippen LogP contribution is 2.39. The predicted octanol–water partition coefficient (Wildman–Crippen LogP) is 4.19. The van der Waals surface area contributed by atoms with Crippen LogP contribution in [0.5, 0.6) is 0 Å². The SMILES string of the molecule is Cc1cc(C)cc(CN2C3CCC2CC(Br)C3)c1. The Labute approximate surface area is 119 Å². The van der Waals surface area contributed by atoms with Gasteiger partial charge in [-0.15, -0.1) is 0 Å². The van der Waals surface area contributed by atoms with Crippen molar-refractivity contribution in [3.63, 3.8) is 0 Å². The average molecular weight is 308 g/mol. The zero-order valence-electron chi connectivity index (χ0n) is 11.3. The number of hydrogen-bond acceptors (Lipinski definition) is 1. The van der Waals surface area contributed by atoms with Gasteiger partial charge in [-0.3, -0.25) is 4.90 Å². The first-order valence-electron chi connectivity index (χ1n) is 7.09. The van der Waals surface area contributed by atoms with E-state index in [1.54, 1.807) is 0 Å². The first-order valence-corrected chi connectivity index (χ1v) is 8.00. The van der Waals surface area contributed by atoms with E-state index < -0.39 is 0 Å². The van der Waals surface area contributed by atoms with E-state index in [4.69, 9.17) is 0 Å². The van der Waals surface area contributed by atoms with Crippen LogP contribution in [0.15, 0.2) is 18.2 Å². The number of fused-ring (bicyclic) bond motifs is 2. The minimum atomic E-state index is 0.755. The highest BCUT2D eigenvalue weighted by Gasteiger charge is 2.39. The van der Waals surface area contributed by atoms with Crippen LogP contribution in [0.25, 0.3) is 0 Å². The zero-order valence-corrected chi connectivity index (χ0v) is 12.9. The molecule has 0 spiro atoms. The molecule has 2 aliphatic rings. The number of rotatable bonds is 2. The van der Waals surface area contributed by atoms with Crippen LogP contribution in [0.2, 0.25) is 0 Å². The third-order valence-electron chi connectivity index (χ3n) is 4.47. The van der Waals surface area contributed by atoms with Crippen LogP contribution in [0.4, 0.5) is 0 Å². The maximum atomic E-state index is 3.82. The Morgan fingerprint density at radius 2 is 1.61 bits per heavy atom. The van der Waals surface area contributed by atoms with Crippen LogP contribution in [-0.4, -0.2) is 21.8 Å². The molecule has 2 bridgehead atoms. The normalized spacial score (nSPS) is 31.8. The Balaban J connectivity index is 1.77. The third-order valence-corrected chi connectivity index (χ3v) is 5.22. The Bertz CT molecular complexity index is 408. The van der Waals surface area contributed by atoms with E-state index >= 15 is 0 Å². The molecule has 1 aromatic rings. The van der Waals surface area contributed by atoms with Gasteiger partial charge in [0.05, 0.1) is 0 Å². The minimum absolute atomic E-state index is 0.755. The molecule has 2 aliphatic heterocycles. The minimum Gasteiger partial charge on any atom is -0.293 e. The van der Waals surface area contributed by atoms with Crippen molar-refractivity contribution in [1.82, 2.24) is 4.90 Å². The third kappa shape index (κ3) is 2.50. The van der Waals surface area contributed by atoms with E-state index in [9.17, 15) is 0 Å². The first-order chi connectivity index (χ1) is 8.61. The van der Waals surface area contributed by atoms with Crippen LogP contribution < -0.4 is 0 Å². The van der Waals surface area contributed by atoms with Gasteiger partial charge in [0.2, 0.25) is 0 Å². The van der Waals surface area contributed by atoms with Gasteiger partial charge in [0.25, 0.3) is 0 Å². The Hall–Kier alpha value is -0.340. The topological polar surface area (TPSA) is 3.24 Å². The second-order valence-electron chi connectivity index (χ2n) is 6.12. The molecule has 2 fully saturated rings. The van der Waals surface area contributed by atoms with Gasteiger partial charge in [-0.25, -0.2) is 0 Å². The molecule has 98 valence electrons. The van der Waals surface area contributed by atoms with Crippen molar-refractivity contribution >= 4 is 15.9 Å². The van der Waals surface area contributed by atoms with Crippen LogP contribution in [0.3, 0.4) is 0 Å². The summed E-state index contributed by atoms with van der Waals surface area (Å²) in [5, 5.41) is 0. The summed E-state index contributed by atoms with van der Waals surface area (Å²) in [4.78, 5) is 3.51. The van der Waals surface area contributed by atoms with Gasteiger partial charge < -0.3 is 0 Å². The summed E-state index contributed by atoms with van der Waals surface area (Å²) in [7, 11) is 0. The van der Waals surface area contributed by atoms with Crippen molar-refractivity contribution in [2.45, 2.75) is 63.0 Å². The van der Waals surface area contributed by atoms with Gasteiger partial charge in [-0.2, -0.15) is 0 Å². The Morgan fingerprint density at radius 1 is 1.06 bits per heavy atom. The number of halogens is 1. The molecule has 0 saturated carbocycles. The van der Waals surface area contributed by atoms with Crippen LogP contribution in [0, 0.1) is 13.8 Å². The smallest absolute Gasteiger partial charge is 0.0239 e. The summed E-state index contributed by atoms with van der Waals surface area (Å²) in [6.45, 7) is 5.56. The van der Waals surface area contributed by atoms with Crippen molar-refractivity contribution in [2.24, 2.45) is 0 Å². The van der Waals surface area contributed by atoms with E-state index in [1.165, 1.54) is 42.4 Å². The predicted molar refractivity (Wildman–Crippen MR) is 80.2 cm³/mol. The first kappa shape index (κ1) is 12.7. The lowest BCUT2D eigenvalue weighted by molar-refractivity contribution is 0.137. The summed E-state index contributed by atoms with van der Waals surface area (Å²) in [5.41, 5.74) is 4.29. The Kier molecular flexibility index (Phi) is 3.50. The maximum absolute atomic E-state index is 3.82. The quantitative estimate of drug-likeness (QED) is 0.740. The van der Waals surface area contributed by atoms with E-state index in [0.29, 0.717) is 0 Å². The van der Waals surface area contributed by atoms with E-state index in [0.717, 1.165) is 23.5 Å². The molecule has 1 nitrogen and oxygen atoms in total. The summed E-state index contributed by atoms with van der Waals surface area (Å²) >= 11 is 3.82. The fraction of sp³-hybridized carbons (Fsp3) is 0.625. The lowest BCUT2D eigenvalue weighted by atomic mass is 10.0. The van der Waals surface area contributed by atoms with Gasteiger partial charge in [0, 0.05) is 23.5 Å². The number of piperidine rings is 1. The van der Waals surface area contributed by atoms with E-state index in [2.05, 4.69) is 52.9 Å². The molecule has 0 aromatic heterocycles. The summed E-state index contributed by atoms with van der Waals surface area (Å²) in [6.07, 6.45) is 5.47. The van der Waals surface area contributed by atoms with Crippen molar-refractivity contribution in [2.75, 3.05) is 0 Å². The van der Waals surface area contributed by atoms with E-state index in [1.807, 2.05) is 0 Å². The molecule has 2 heterocycles. The molecule has 2 unspecified atom stereocenters. The van der Waals surface area contributed by atoms with Crippen molar-refractivity contribution in [3.8, 4) is 0 Å². The van der Waals surface area contributed by atoms with Crippen molar-refractivity contribution in [1.29, 1.82) is 0 Å². The van der Waals surface area contributed by atoms with Gasteiger partial charge in [-0.1, -0.05) is 45.3 Å². The second kappa shape index (κ2) is 4.97. The highest BCUT2D eigenvalue weighted by atomic mass is 79.9. The lowest BCUT2D eigenvalue weighted by Crippen LogP contribution is -2.42. The Morgan fingerprint density at radius 3 is 2.17 bits per heavy atom. The number of aryl methyl sites for hydroxylation is 2. The summed E-state index contributed by atoms with van der Waals surface area (Å²) < 4.78 is 0. The second-order valence-corrected chi connectivity index (χ2v) is 7.42. The number of hydrogen-bond donors (Lipinski definition) is 0. The fourth-order valence-electron chi connectivity index (χ4n) is 3.84. The van der Waals surface area contributed by atoms with Gasteiger partial charge in [-0.05, 0) is 45.1 Å². The summed E-state index contributed by atoms with van der Waals surface area (Å²) in [6, 6.07) is 8.60. The molecule has 2 saturated heterocycles. The number of alkyl halides is 1. The van der Waals surface area contributed by atoms with Crippen LogP contribution in [-0.2, 0) is 6.54 Å². The molecule has 18 heavy (non-hydrogen) atoms. The molecular formula is C16H22BrN. The van der Waals surface area contributed by atoms with E-state index in [-0.39, 0.29) is 0 Å². The number of nitrogens with zero attached hydrogens (tertiary/aromatic N) is 1. The van der Waals surface area contributed by atoms with Crippen molar-refractivity contribution < 1.29 is 0 Å². The van der Waals surface area contributed by atoms with Gasteiger partial charge in [0.1, 0.15) is 0 Å². The molecule has 1 aromatic carbocycles. The summed E-state index contributed by atoms with van der Waals surface area (Å²) in [5.74, 6) is 0. The molecule has 2 atom stereocenters.